The van der Waals surface area contributed by atoms with Crippen molar-refractivity contribution in [1.82, 2.24) is 0 Å². The first-order chi connectivity index (χ1) is 4.77. The highest BCUT2D eigenvalue weighted by Gasteiger charge is 2.32. The first kappa shape index (κ1) is 6.75. The lowest BCUT2D eigenvalue weighted by Gasteiger charge is -2.06. The van der Waals surface area contributed by atoms with Crippen LogP contribution in [0.5, 0.6) is 0 Å². The summed E-state index contributed by atoms with van der Waals surface area (Å²) in [6, 6.07) is 0. The molecular formula is C8H8Cl2. The van der Waals surface area contributed by atoms with Crippen LogP contribution in [0.1, 0.15) is 12.8 Å². The molecular weight excluding hydrogens is 167 g/mol. The monoisotopic (exact) mass is 174 g/mol. The molecule has 2 aliphatic rings. The Morgan fingerprint density at radius 3 is 2.50 bits per heavy atom. The largest absolute Gasteiger partial charge is 0.106 e. The first-order valence-electron chi connectivity index (χ1n) is 3.49. The Kier molecular flexibility index (Phi) is 1.54. The van der Waals surface area contributed by atoms with Crippen LogP contribution < -0.4 is 0 Å². The van der Waals surface area contributed by atoms with Crippen molar-refractivity contribution < 1.29 is 0 Å². The Hall–Kier alpha value is 0.0600. The Balaban J connectivity index is 2.32. The molecule has 2 rings (SSSR count). The van der Waals surface area contributed by atoms with E-state index in [0.29, 0.717) is 10.4 Å². The molecule has 2 unspecified atom stereocenters. The minimum absolute atomic E-state index is 0.497. The number of hydrogen-bond donors (Lipinski definition) is 0. The van der Waals surface area contributed by atoms with Gasteiger partial charge >= 0.3 is 0 Å². The fourth-order valence-electron chi connectivity index (χ4n) is 1.84. The zero-order chi connectivity index (χ0) is 7.14. The summed E-state index contributed by atoms with van der Waals surface area (Å²) in [6.07, 6.45) is 6.81. The normalized spacial score (nSPS) is 35.6. The molecule has 0 aromatic rings. The van der Waals surface area contributed by atoms with Crippen LogP contribution in [0.3, 0.4) is 0 Å². The summed E-state index contributed by atoms with van der Waals surface area (Å²) < 4.78 is 0.497. The number of hydrogen-bond acceptors (Lipinski definition) is 0. The van der Waals surface area contributed by atoms with Crippen molar-refractivity contribution in [2.24, 2.45) is 11.8 Å². The van der Waals surface area contributed by atoms with E-state index in [1.54, 1.807) is 0 Å². The van der Waals surface area contributed by atoms with Crippen LogP contribution >= 0.6 is 23.2 Å². The number of rotatable bonds is 0. The topological polar surface area (TPSA) is 0 Å². The van der Waals surface area contributed by atoms with Gasteiger partial charge in [-0.2, -0.15) is 0 Å². The van der Waals surface area contributed by atoms with Gasteiger partial charge in [0.2, 0.25) is 0 Å². The summed E-state index contributed by atoms with van der Waals surface area (Å²) in [5, 5.41) is 0. The van der Waals surface area contributed by atoms with Gasteiger partial charge in [-0.25, -0.2) is 0 Å². The van der Waals surface area contributed by atoms with Crippen molar-refractivity contribution in [2.75, 3.05) is 0 Å². The third kappa shape index (κ3) is 0.906. The minimum Gasteiger partial charge on any atom is -0.0845 e. The van der Waals surface area contributed by atoms with Crippen molar-refractivity contribution in [1.29, 1.82) is 0 Å². The van der Waals surface area contributed by atoms with Crippen LogP contribution in [0.25, 0.3) is 0 Å². The molecule has 0 heterocycles. The fraction of sp³-hybridized carbons (Fsp3) is 0.500. The van der Waals surface area contributed by atoms with E-state index in [0.717, 1.165) is 12.3 Å². The second-order valence-corrected chi connectivity index (χ2v) is 3.93. The molecule has 0 spiro atoms. The van der Waals surface area contributed by atoms with Gasteiger partial charge in [0.25, 0.3) is 0 Å². The molecule has 10 heavy (non-hydrogen) atoms. The third-order valence-corrected chi connectivity index (χ3v) is 2.83. The Bertz CT molecular complexity index is 211. The molecule has 0 amide bonds. The average Bonchev–Trinajstić information content (AvgIpc) is 2.44. The van der Waals surface area contributed by atoms with E-state index in [-0.39, 0.29) is 0 Å². The lowest BCUT2D eigenvalue weighted by Crippen LogP contribution is -1.92. The quantitative estimate of drug-likeness (QED) is 0.495. The highest BCUT2D eigenvalue weighted by atomic mass is 35.5. The number of fused-ring (bicyclic) bond motifs is 2. The predicted octanol–water partition coefficient (Wildman–Crippen LogP) is 3.27. The average molecular weight is 175 g/mol. The smallest absolute Gasteiger partial charge is 0.0845 e. The molecule has 1 saturated carbocycles. The summed E-state index contributed by atoms with van der Waals surface area (Å²) in [7, 11) is 0. The van der Waals surface area contributed by atoms with E-state index in [9.17, 15) is 0 Å². The van der Waals surface area contributed by atoms with Gasteiger partial charge in [-0.05, 0) is 24.3 Å². The summed E-state index contributed by atoms with van der Waals surface area (Å²) in [4.78, 5) is 0. The van der Waals surface area contributed by atoms with Crippen molar-refractivity contribution in [3.05, 3.63) is 22.2 Å². The van der Waals surface area contributed by atoms with E-state index in [1.807, 2.05) is 0 Å². The maximum atomic E-state index is 5.69. The van der Waals surface area contributed by atoms with Crippen LogP contribution in [0.15, 0.2) is 22.2 Å². The van der Waals surface area contributed by atoms with Gasteiger partial charge in [-0.1, -0.05) is 35.4 Å². The molecule has 0 saturated heterocycles. The molecule has 2 heteroatoms. The molecule has 0 aliphatic heterocycles. The van der Waals surface area contributed by atoms with Crippen LogP contribution in [0, 0.1) is 11.8 Å². The van der Waals surface area contributed by atoms with Gasteiger partial charge in [0.05, 0.1) is 0 Å². The maximum absolute atomic E-state index is 5.69. The molecule has 54 valence electrons. The summed E-state index contributed by atoms with van der Waals surface area (Å²) in [6.45, 7) is 0. The van der Waals surface area contributed by atoms with Gasteiger partial charge in [0, 0.05) is 5.92 Å². The van der Waals surface area contributed by atoms with Crippen LogP contribution in [0.2, 0.25) is 0 Å². The van der Waals surface area contributed by atoms with Crippen molar-refractivity contribution in [3.63, 3.8) is 0 Å². The van der Waals surface area contributed by atoms with Crippen molar-refractivity contribution in [3.8, 4) is 0 Å². The number of halogens is 2. The zero-order valence-electron chi connectivity index (χ0n) is 5.48. The SMILES string of the molecule is ClC(Cl)=C1CC2C=CC1C2. The first-order valence-corrected chi connectivity index (χ1v) is 4.25. The molecule has 0 radical (unpaired) electrons. The molecule has 1 fully saturated rings. The molecule has 0 N–H and O–H groups in total. The molecule has 0 aromatic heterocycles. The maximum Gasteiger partial charge on any atom is 0.106 e. The van der Waals surface area contributed by atoms with E-state index in [1.165, 1.54) is 12.0 Å². The van der Waals surface area contributed by atoms with Crippen LogP contribution in [0.4, 0.5) is 0 Å². The van der Waals surface area contributed by atoms with E-state index >= 15 is 0 Å². The summed E-state index contributed by atoms with van der Waals surface area (Å²) in [5.41, 5.74) is 1.25. The van der Waals surface area contributed by atoms with E-state index in [2.05, 4.69) is 12.2 Å². The molecule has 0 aromatic carbocycles. The van der Waals surface area contributed by atoms with Gasteiger partial charge < -0.3 is 0 Å². The Morgan fingerprint density at radius 1 is 1.40 bits per heavy atom. The highest BCUT2D eigenvalue weighted by molar-refractivity contribution is 6.56. The van der Waals surface area contributed by atoms with E-state index in [4.69, 9.17) is 23.2 Å². The fourth-order valence-corrected chi connectivity index (χ4v) is 2.27. The molecule has 2 bridgehead atoms. The summed E-state index contributed by atoms with van der Waals surface area (Å²) >= 11 is 11.4. The Labute approximate surface area is 70.5 Å². The van der Waals surface area contributed by atoms with Crippen molar-refractivity contribution >= 4 is 23.2 Å². The minimum atomic E-state index is 0.497. The van der Waals surface area contributed by atoms with Crippen LogP contribution in [-0.4, -0.2) is 0 Å². The van der Waals surface area contributed by atoms with Gasteiger partial charge in [0.15, 0.2) is 0 Å². The molecule has 0 nitrogen and oxygen atoms in total. The Morgan fingerprint density at radius 2 is 2.20 bits per heavy atom. The lowest BCUT2D eigenvalue weighted by molar-refractivity contribution is 0.693. The third-order valence-electron chi connectivity index (χ3n) is 2.34. The van der Waals surface area contributed by atoms with Gasteiger partial charge in [-0.15, -0.1) is 0 Å². The van der Waals surface area contributed by atoms with Crippen LogP contribution in [-0.2, 0) is 0 Å². The van der Waals surface area contributed by atoms with Gasteiger partial charge in [0.1, 0.15) is 4.49 Å². The second kappa shape index (κ2) is 2.28. The predicted molar refractivity (Wildman–Crippen MR) is 44.1 cm³/mol. The second-order valence-electron chi connectivity index (χ2n) is 2.98. The molecule has 2 aliphatic carbocycles. The van der Waals surface area contributed by atoms with E-state index < -0.39 is 0 Å². The zero-order valence-corrected chi connectivity index (χ0v) is 6.99. The van der Waals surface area contributed by atoms with Gasteiger partial charge in [-0.3, -0.25) is 0 Å². The highest BCUT2D eigenvalue weighted by Crippen LogP contribution is 2.45. The summed E-state index contributed by atoms with van der Waals surface area (Å²) in [5.74, 6) is 1.29. The van der Waals surface area contributed by atoms with Crippen molar-refractivity contribution in [2.45, 2.75) is 12.8 Å². The lowest BCUT2D eigenvalue weighted by atomic mass is 10.0. The molecule has 2 atom stereocenters. The standard InChI is InChI=1S/C8H8Cl2/c9-8(10)7-4-5-1-2-6(7)3-5/h1-2,5-6H,3-4H2. The number of allylic oxidation sites excluding steroid dienone is 3.